The molecule has 1 aliphatic rings. The molecule has 0 aromatic heterocycles. The van der Waals surface area contributed by atoms with Crippen molar-refractivity contribution < 1.29 is 9.53 Å². The molecule has 29 heavy (non-hydrogen) atoms. The second-order valence-corrected chi connectivity index (χ2v) is 7.95. The van der Waals surface area contributed by atoms with Crippen molar-refractivity contribution in [3.63, 3.8) is 0 Å². The summed E-state index contributed by atoms with van der Waals surface area (Å²) >= 11 is 0. The molecule has 3 aromatic rings. The molecule has 3 nitrogen and oxygen atoms in total. The lowest BCUT2D eigenvalue weighted by molar-refractivity contribution is -0.140. The maximum atomic E-state index is 13.1. The summed E-state index contributed by atoms with van der Waals surface area (Å²) in [5.41, 5.74) is 1.39. The topological polar surface area (TPSA) is 29.5 Å². The number of nitrogens with zero attached hydrogens (tertiary/aromatic N) is 1. The quantitative estimate of drug-likeness (QED) is 0.561. The van der Waals surface area contributed by atoms with Gasteiger partial charge in [-0.3, -0.25) is 4.79 Å². The summed E-state index contributed by atoms with van der Waals surface area (Å²) in [6.07, 6.45) is 3.47. The monoisotopic (exact) mass is 387 g/mol. The summed E-state index contributed by atoms with van der Waals surface area (Å²) in [6.45, 7) is 3.67. The van der Waals surface area contributed by atoms with E-state index in [0.717, 1.165) is 48.9 Å². The average Bonchev–Trinajstić information content (AvgIpc) is 2.78. The van der Waals surface area contributed by atoms with Crippen LogP contribution in [0.2, 0.25) is 0 Å². The molecule has 150 valence electrons. The van der Waals surface area contributed by atoms with Gasteiger partial charge in [-0.2, -0.15) is 0 Å². The SMILES string of the molecule is CC[C@@H](Oc1cccc2ccccc12)C(=O)N1CCC(Cc2ccccc2)CC1. The number of fused-ring (bicyclic) bond motifs is 1. The van der Waals surface area contributed by atoms with Gasteiger partial charge in [0.25, 0.3) is 5.91 Å². The highest BCUT2D eigenvalue weighted by molar-refractivity contribution is 5.89. The van der Waals surface area contributed by atoms with Gasteiger partial charge in [0, 0.05) is 18.5 Å². The molecule has 0 aliphatic carbocycles. The van der Waals surface area contributed by atoms with Gasteiger partial charge in [0.1, 0.15) is 5.75 Å². The molecule has 1 fully saturated rings. The maximum Gasteiger partial charge on any atom is 0.263 e. The Kier molecular flexibility index (Phi) is 6.14. The molecule has 3 aromatic carbocycles. The van der Waals surface area contributed by atoms with Crippen LogP contribution in [0.5, 0.6) is 5.75 Å². The van der Waals surface area contributed by atoms with Crippen LogP contribution in [0.15, 0.2) is 72.8 Å². The van der Waals surface area contributed by atoms with Gasteiger partial charge in [0.15, 0.2) is 6.10 Å². The van der Waals surface area contributed by atoms with Crippen LogP contribution in [0.4, 0.5) is 0 Å². The molecule has 3 heteroatoms. The molecule has 1 aliphatic heterocycles. The van der Waals surface area contributed by atoms with E-state index in [1.165, 1.54) is 5.56 Å². The number of benzene rings is 3. The normalized spacial score (nSPS) is 16.0. The van der Waals surface area contributed by atoms with Crippen LogP contribution in [-0.4, -0.2) is 30.0 Å². The van der Waals surface area contributed by atoms with Crippen LogP contribution < -0.4 is 4.74 Å². The number of likely N-dealkylation sites (tertiary alicyclic amines) is 1. The molecule has 1 heterocycles. The number of amides is 1. The van der Waals surface area contributed by atoms with Crippen molar-refractivity contribution in [2.45, 2.75) is 38.7 Å². The van der Waals surface area contributed by atoms with Crippen molar-refractivity contribution in [3.8, 4) is 5.75 Å². The third-order valence-electron chi connectivity index (χ3n) is 5.96. The Morgan fingerprint density at radius 3 is 2.41 bits per heavy atom. The van der Waals surface area contributed by atoms with E-state index in [1.54, 1.807) is 0 Å². The minimum absolute atomic E-state index is 0.124. The predicted octanol–water partition coefficient (Wildman–Crippen LogP) is 5.48. The first-order valence-electron chi connectivity index (χ1n) is 10.7. The highest BCUT2D eigenvalue weighted by Gasteiger charge is 2.29. The summed E-state index contributed by atoms with van der Waals surface area (Å²) in [5.74, 6) is 1.57. The standard InChI is InChI=1S/C26H29NO2/c1-2-24(29-25-14-8-12-22-11-6-7-13-23(22)25)26(28)27-17-15-21(16-18-27)19-20-9-4-3-5-10-20/h3-14,21,24H,2,15-19H2,1H3/t24-/m1/s1. The number of rotatable bonds is 6. The first-order valence-corrected chi connectivity index (χ1v) is 10.7. The summed E-state index contributed by atoms with van der Waals surface area (Å²) in [7, 11) is 0. The Balaban J connectivity index is 1.38. The van der Waals surface area contributed by atoms with E-state index in [2.05, 4.69) is 48.5 Å². The molecule has 0 saturated carbocycles. The van der Waals surface area contributed by atoms with Gasteiger partial charge in [0.2, 0.25) is 0 Å². The molecule has 1 atom stereocenters. The Morgan fingerprint density at radius 1 is 0.966 bits per heavy atom. The highest BCUT2D eigenvalue weighted by atomic mass is 16.5. The predicted molar refractivity (Wildman–Crippen MR) is 118 cm³/mol. The van der Waals surface area contributed by atoms with Crippen LogP contribution in [0, 0.1) is 5.92 Å². The highest BCUT2D eigenvalue weighted by Crippen LogP contribution is 2.28. The first kappa shape index (κ1) is 19.5. The van der Waals surface area contributed by atoms with Gasteiger partial charge in [-0.25, -0.2) is 0 Å². The zero-order chi connectivity index (χ0) is 20.1. The van der Waals surface area contributed by atoms with Gasteiger partial charge in [-0.05, 0) is 48.6 Å². The third kappa shape index (κ3) is 4.61. The summed E-state index contributed by atoms with van der Waals surface area (Å²) < 4.78 is 6.22. The average molecular weight is 388 g/mol. The largest absolute Gasteiger partial charge is 0.480 e. The Labute approximate surface area is 173 Å². The number of carbonyl (C=O) groups excluding carboxylic acids is 1. The lowest BCUT2D eigenvalue weighted by Crippen LogP contribution is -2.45. The lowest BCUT2D eigenvalue weighted by atomic mass is 9.90. The van der Waals surface area contributed by atoms with Crippen molar-refractivity contribution in [2.75, 3.05) is 13.1 Å². The fourth-order valence-corrected chi connectivity index (χ4v) is 4.27. The van der Waals surface area contributed by atoms with Gasteiger partial charge < -0.3 is 9.64 Å². The fraction of sp³-hybridized carbons (Fsp3) is 0.346. The molecule has 0 bridgehead atoms. The first-order chi connectivity index (χ1) is 14.2. The lowest BCUT2D eigenvalue weighted by Gasteiger charge is -2.34. The molecule has 0 radical (unpaired) electrons. The van der Waals surface area contributed by atoms with E-state index in [4.69, 9.17) is 4.74 Å². The van der Waals surface area contributed by atoms with E-state index in [9.17, 15) is 4.79 Å². The molecule has 4 rings (SSSR count). The van der Waals surface area contributed by atoms with E-state index >= 15 is 0 Å². The number of piperidine rings is 1. The zero-order valence-electron chi connectivity index (χ0n) is 17.1. The molecule has 0 N–H and O–H groups in total. The fourth-order valence-electron chi connectivity index (χ4n) is 4.27. The number of hydrogen-bond acceptors (Lipinski definition) is 2. The molecule has 1 saturated heterocycles. The number of carbonyl (C=O) groups is 1. The summed E-state index contributed by atoms with van der Waals surface area (Å²) in [4.78, 5) is 15.1. The van der Waals surface area contributed by atoms with Gasteiger partial charge >= 0.3 is 0 Å². The van der Waals surface area contributed by atoms with Crippen LogP contribution in [0.25, 0.3) is 10.8 Å². The minimum atomic E-state index is -0.425. The molecule has 0 spiro atoms. The number of hydrogen-bond donors (Lipinski definition) is 0. The smallest absolute Gasteiger partial charge is 0.263 e. The maximum absolute atomic E-state index is 13.1. The van der Waals surface area contributed by atoms with Crippen LogP contribution >= 0.6 is 0 Å². The molecule has 1 amide bonds. The number of ether oxygens (including phenoxy) is 1. The van der Waals surface area contributed by atoms with Gasteiger partial charge in [-0.15, -0.1) is 0 Å². The van der Waals surface area contributed by atoms with Crippen LogP contribution in [0.3, 0.4) is 0 Å². The van der Waals surface area contributed by atoms with Crippen LogP contribution in [0.1, 0.15) is 31.7 Å². The van der Waals surface area contributed by atoms with Crippen molar-refractivity contribution in [3.05, 3.63) is 78.4 Å². The molecular weight excluding hydrogens is 358 g/mol. The Morgan fingerprint density at radius 2 is 1.66 bits per heavy atom. The third-order valence-corrected chi connectivity index (χ3v) is 5.96. The molecule has 0 unspecified atom stereocenters. The van der Waals surface area contributed by atoms with Gasteiger partial charge in [0.05, 0.1) is 0 Å². The van der Waals surface area contributed by atoms with Crippen LogP contribution in [-0.2, 0) is 11.2 Å². The van der Waals surface area contributed by atoms with E-state index < -0.39 is 6.10 Å². The Hall–Kier alpha value is -2.81. The van der Waals surface area contributed by atoms with Gasteiger partial charge in [-0.1, -0.05) is 73.7 Å². The minimum Gasteiger partial charge on any atom is -0.480 e. The van der Waals surface area contributed by atoms with Crippen molar-refractivity contribution in [1.29, 1.82) is 0 Å². The van der Waals surface area contributed by atoms with Crippen molar-refractivity contribution in [1.82, 2.24) is 4.90 Å². The van der Waals surface area contributed by atoms with E-state index in [-0.39, 0.29) is 5.91 Å². The summed E-state index contributed by atoms with van der Waals surface area (Å²) in [5, 5.41) is 2.19. The van der Waals surface area contributed by atoms with Crippen molar-refractivity contribution in [2.24, 2.45) is 5.92 Å². The molecular formula is C26H29NO2. The zero-order valence-corrected chi connectivity index (χ0v) is 17.1. The van der Waals surface area contributed by atoms with Crippen molar-refractivity contribution >= 4 is 16.7 Å². The van der Waals surface area contributed by atoms with E-state index in [0.29, 0.717) is 12.3 Å². The Bertz CT molecular complexity index is 940. The summed E-state index contributed by atoms with van der Waals surface area (Å²) in [6, 6.07) is 24.8. The second kappa shape index (κ2) is 9.13. The second-order valence-electron chi connectivity index (χ2n) is 7.95. The van der Waals surface area contributed by atoms with E-state index in [1.807, 2.05) is 36.1 Å².